The zero-order valence-corrected chi connectivity index (χ0v) is 10.3. The monoisotopic (exact) mass is 224 g/mol. The van der Waals surface area contributed by atoms with E-state index in [4.69, 9.17) is 4.74 Å². The molecule has 0 saturated heterocycles. The minimum atomic E-state index is -0.335. The van der Waals surface area contributed by atoms with Crippen LogP contribution in [-0.4, -0.2) is 17.8 Å². The van der Waals surface area contributed by atoms with E-state index < -0.39 is 0 Å². The minimum Gasteiger partial charge on any atom is -0.495 e. The lowest BCUT2D eigenvalue weighted by atomic mass is 9.78. The van der Waals surface area contributed by atoms with E-state index in [9.17, 15) is 5.11 Å². The van der Waals surface area contributed by atoms with Gasteiger partial charge in [0.1, 0.15) is 11.9 Å². The molecule has 0 radical (unpaired) electrons. The second-order valence-electron chi connectivity index (χ2n) is 5.23. The standard InChI is InChI=1S/C14H24O2/c1-2-11-6-8-12(9-7-11)14(15)13-5-3-4-10-16-13/h5,11-12,14-15H,2-4,6-10H2,1H3. The quantitative estimate of drug-likeness (QED) is 0.797. The molecule has 1 aliphatic heterocycles. The number of hydrogen-bond acceptors (Lipinski definition) is 2. The molecule has 2 nitrogen and oxygen atoms in total. The maximum Gasteiger partial charge on any atom is 0.121 e. The summed E-state index contributed by atoms with van der Waals surface area (Å²) < 4.78 is 5.56. The fourth-order valence-electron chi connectivity index (χ4n) is 2.93. The van der Waals surface area contributed by atoms with E-state index in [1.807, 2.05) is 0 Å². The normalized spacial score (nSPS) is 32.8. The van der Waals surface area contributed by atoms with Gasteiger partial charge in [-0.15, -0.1) is 0 Å². The summed E-state index contributed by atoms with van der Waals surface area (Å²) in [5.41, 5.74) is 0. The molecule has 1 fully saturated rings. The number of ether oxygens (including phenoxy) is 1. The van der Waals surface area contributed by atoms with Crippen molar-refractivity contribution in [1.82, 2.24) is 0 Å². The number of hydrogen-bond donors (Lipinski definition) is 1. The molecule has 16 heavy (non-hydrogen) atoms. The first-order chi connectivity index (χ1) is 7.81. The van der Waals surface area contributed by atoms with Gasteiger partial charge < -0.3 is 9.84 Å². The number of aliphatic hydroxyl groups excluding tert-OH is 1. The molecular formula is C14H24O2. The van der Waals surface area contributed by atoms with Crippen molar-refractivity contribution in [3.63, 3.8) is 0 Å². The Hall–Kier alpha value is -0.500. The van der Waals surface area contributed by atoms with E-state index >= 15 is 0 Å². The van der Waals surface area contributed by atoms with Crippen LogP contribution in [0.2, 0.25) is 0 Å². The molecule has 1 aliphatic carbocycles. The predicted octanol–water partition coefficient (Wildman–Crippen LogP) is 3.26. The third kappa shape index (κ3) is 2.79. The van der Waals surface area contributed by atoms with Crippen LogP contribution in [0, 0.1) is 11.8 Å². The molecule has 92 valence electrons. The van der Waals surface area contributed by atoms with Crippen molar-refractivity contribution in [3.05, 3.63) is 11.8 Å². The highest BCUT2D eigenvalue weighted by atomic mass is 16.5. The van der Waals surface area contributed by atoms with Crippen molar-refractivity contribution in [3.8, 4) is 0 Å². The van der Waals surface area contributed by atoms with E-state index in [1.165, 1.54) is 32.1 Å². The molecule has 0 aromatic carbocycles. The number of aliphatic hydroxyl groups is 1. The summed E-state index contributed by atoms with van der Waals surface area (Å²) in [6.07, 6.45) is 10.1. The zero-order chi connectivity index (χ0) is 11.4. The highest BCUT2D eigenvalue weighted by Crippen LogP contribution is 2.35. The molecule has 0 aromatic rings. The third-order valence-corrected chi connectivity index (χ3v) is 4.17. The highest BCUT2D eigenvalue weighted by Gasteiger charge is 2.29. The van der Waals surface area contributed by atoms with Gasteiger partial charge in [0, 0.05) is 0 Å². The second-order valence-corrected chi connectivity index (χ2v) is 5.23. The van der Waals surface area contributed by atoms with Gasteiger partial charge in [0.05, 0.1) is 6.61 Å². The first-order valence-corrected chi connectivity index (χ1v) is 6.82. The van der Waals surface area contributed by atoms with Crippen LogP contribution in [-0.2, 0) is 4.74 Å². The Kier molecular flexibility index (Phi) is 4.28. The fraction of sp³-hybridized carbons (Fsp3) is 0.857. The molecular weight excluding hydrogens is 200 g/mol. The summed E-state index contributed by atoms with van der Waals surface area (Å²) in [5.74, 6) is 2.18. The van der Waals surface area contributed by atoms with E-state index in [0.717, 1.165) is 31.1 Å². The molecule has 2 aliphatic rings. The Bertz CT molecular complexity index is 239. The van der Waals surface area contributed by atoms with Gasteiger partial charge in [0.2, 0.25) is 0 Å². The third-order valence-electron chi connectivity index (χ3n) is 4.17. The highest BCUT2D eigenvalue weighted by molar-refractivity contribution is 5.04. The van der Waals surface area contributed by atoms with Crippen LogP contribution in [0.3, 0.4) is 0 Å². The van der Waals surface area contributed by atoms with Gasteiger partial charge in [-0.05, 0) is 43.6 Å². The minimum absolute atomic E-state index is 0.335. The first-order valence-electron chi connectivity index (χ1n) is 6.82. The van der Waals surface area contributed by atoms with Gasteiger partial charge in [0.15, 0.2) is 0 Å². The van der Waals surface area contributed by atoms with Crippen LogP contribution in [0.5, 0.6) is 0 Å². The Morgan fingerprint density at radius 3 is 2.69 bits per heavy atom. The number of rotatable bonds is 3. The lowest BCUT2D eigenvalue weighted by molar-refractivity contribution is 0.0361. The molecule has 1 heterocycles. The Morgan fingerprint density at radius 2 is 2.12 bits per heavy atom. The summed E-state index contributed by atoms with van der Waals surface area (Å²) in [4.78, 5) is 0. The average molecular weight is 224 g/mol. The molecule has 0 spiro atoms. The molecule has 1 N–H and O–H groups in total. The molecule has 0 aromatic heterocycles. The van der Waals surface area contributed by atoms with Gasteiger partial charge in [-0.25, -0.2) is 0 Å². The summed E-state index contributed by atoms with van der Waals surface area (Å²) >= 11 is 0. The molecule has 1 atom stereocenters. The van der Waals surface area contributed by atoms with Crippen LogP contribution in [0.25, 0.3) is 0 Å². The maximum absolute atomic E-state index is 10.3. The summed E-state index contributed by atoms with van der Waals surface area (Å²) in [7, 11) is 0. The predicted molar refractivity (Wildman–Crippen MR) is 65.0 cm³/mol. The molecule has 0 amide bonds. The zero-order valence-electron chi connectivity index (χ0n) is 10.3. The van der Waals surface area contributed by atoms with Crippen LogP contribution >= 0.6 is 0 Å². The Balaban J connectivity index is 1.85. The van der Waals surface area contributed by atoms with Gasteiger partial charge in [-0.3, -0.25) is 0 Å². The fourth-order valence-corrected chi connectivity index (χ4v) is 2.93. The van der Waals surface area contributed by atoms with E-state index in [1.54, 1.807) is 0 Å². The van der Waals surface area contributed by atoms with Gasteiger partial charge in [0.25, 0.3) is 0 Å². The lowest BCUT2D eigenvalue weighted by Gasteiger charge is -2.32. The molecule has 1 saturated carbocycles. The van der Waals surface area contributed by atoms with Gasteiger partial charge in [-0.2, -0.15) is 0 Å². The van der Waals surface area contributed by atoms with Crippen molar-refractivity contribution in [2.45, 2.75) is 58.0 Å². The van der Waals surface area contributed by atoms with Crippen LogP contribution in [0.15, 0.2) is 11.8 Å². The largest absolute Gasteiger partial charge is 0.495 e. The topological polar surface area (TPSA) is 29.5 Å². The molecule has 0 bridgehead atoms. The summed E-state index contributed by atoms with van der Waals surface area (Å²) in [6, 6.07) is 0. The van der Waals surface area contributed by atoms with Crippen molar-refractivity contribution in [2.24, 2.45) is 11.8 Å². The van der Waals surface area contributed by atoms with Gasteiger partial charge in [-0.1, -0.05) is 26.2 Å². The molecule has 2 rings (SSSR count). The SMILES string of the molecule is CCC1CCC(C(O)C2=CCCCO2)CC1. The van der Waals surface area contributed by atoms with Crippen LogP contribution in [0.4, 0.5) is 0 Å². The van der Waals surface area contributed by atoms with E-state index in [-0.39, 0.29) is 6.10 Å². The van der Waals surface area contributed by atoms with Crippen LogP contribution in [0.1, 0.15) is 51.9 Å². The van der Waals surface area contributed by atoms with E-state index in [0.29, 0.717) is 5.92 Å². The smallest absolute Gasteiger partial charge is 0.121 e. The average Bonchev–Trinajstić information content (AvgIpc) is 2.39. The Morgan fingerprint density at radius 1 is 1.38 bits per heavy atom. The lowest BCUT2D eigenvalue weighted by Crippen LogP contribution is -2.29. The summed E-state index contributed by atoms with van der Waals surface area (Å²) in [5, 5.41) is 10.3. The first kappa shape index (κ1) is 12.0. The molecule has 2 heteroatoms. The van der Waals surface area contributed by atoms with Crippen molar-refractivity contribution in [2.75, 3.05) is 6.61 Å². The van der Waals surface area contributed by atoms with Crippen molar-refractivity contribution >= 4 is 0 Å². The van der Waals surface area contributed by atoms with Crippen LogP contribution < -0.4 is 0 Å². The Labute approximate surface area is 98.7 Å². The van der Waals surface area contributed by atoms with E-state index in [2.05, 4.69) is 13.0 Å². The van der Waals surface area contributed by atoms with Gasteiger partial charge >= 0.3 is 0 Å². The summed E-state index contributed by atoms with van der Waals surface area (Å²) in [6.45, 7) is 3.06. The second kappa shape index (κ2) is 5.72. The molecule has 1 unspecified atom stereocenters. The number of allylic oxidation sites excluding steroid dienone is 1. The van der Waals surface area contributed by atoms with Crippen molar-refractivity contribution in [1.29, 1.82) is 0 Å². The van der Waals surface area contributed by atoms with Crippen molar-refractivity contribution < 1.29 is 9.84 Å². The maximum atomic E-state index is 10.3.